The van der Waals surface area contributed by atoms with Crippen LogP contribution in [0.15, 0.2) is 12.4 Å². The Morgan fingerprint density at radius 3 is 2.69 bits per heavy atom. The van der Waals surface area contributed by atoms with E-state index >= 15 is 0 Å². The van der Waals surface area contributed by atoms with Crippen molar-refractivity contribution >= 4 is 11.9 Å². The number of aromatic amines is 1. The first kappa shape index (κ1) is 18.2. The van der Waals surface area contributed by atoms with Gasteiger partial charge in [-0.05, 0) is 31.7 Å². The summed E-state index contributed by atoms with van der Waals surface area (Å²) >= 11 is 0. The summed E-state index contributed by atoms with van der Waals surface area (Å²) in [6, 6.07) is 0.235. The zero-order valence-electron chi connectivity index (χ0n) is 15.8. The predicted octanol–water partition coefficient (Wildman–Crippen LogP) is 2.60. The van der Waals surface area contributed by atoms with Crippen LogP contribution in [0.5, 0.6) is 0 Å². The highest BCUT2D eigenvalue weighted by Crippen LogP contribution is 2.31. The van der Waals surface area contributed by atoms with E-state index in [1.165, 1.54) is 7.11 Å². The summed E-state index contributed by atoms with van der Waals surface area (Å²) in [5.74, 6) is 0.374. The van der Waals surface area contributed by atoms with Crippen LogP contribution in [0.1, 0.15) is 64.1 Å². The molecule has 3 rings (SSSR count). The number of carbonyl (C=O) groups excluding carboxylic acids is 2. The molecule has 2 aromatic heterocycles. The van der Waals surface area contributed by atoms with Gasteiger partial charge in [-0.3, -0.25) is 4.79 Å². The van der Waals surface area contributed by atoms with Crippen LogP contribution >= 0.6 is 0 Å². The molecule has 0 saturated heterocycles. The zero-order valence-corrected chi connectivity index (χ0v) is 15.8. The summed E-state index contributed by atoms with van der Waals surface area (Å²) in [6.45, 7) is 4.30. The summed E-state index contributed by atoms with van der Waals surface area (Å²) in [7, 11) is 3.29. The Morgan fingerprint density at radius 2 is 2.15 bits per heavy atom. The van der Waals surface area contributed by atoms with Crippen molar-refractivity contribution in [2.24, 2.45) is 7.05 Å². The first-order valence-electron chi connectivity index (χ1n) is 9.04. The lowest BCUT2D eigenvalue weighted by molar-refractivity contribution is 0.0599. The standard InChI is InChI=1S/C19H26N4O3/c1-5-6-14-16(19(25)26-4)12(2)21-17(14)18(24)23(13-7-8-13)11-15-20-9-10-22(15)3/h9-10,13,21H,5-8,11H2,1-4H3. The Balaban J connectivity index is 1.96. The molecule has 7 nitrogen and oxygen atoms in total. The molecule has 1 fully saturated rings. The van der Waals surface area contributed by atoms with Crippen LogP contribution in [0.25, 0.3) is 0 Å². The molecular weight excluding hydrogens is 332 g/mol. The molecule has 140 valence electrons. The third-order valence-corrected chi connectivity index (χ3v) is 4.88. The maximum Gasteiger partial charge on any atom is 0.339 e. The van der Waals surface area contributed by atoms with Gasteiger partial charge in [-0.25, -0.2) is 9.78 Å². The topological polar surface area (TPSA) is 80.2 Å². The highest BCUT2D eigenvalue weighted by atomic mass is 16.5. The summed E-state index contributed by atoms with van der Waals surface area (Å²) in [5.41, 5.74) is 2.43. The lowest BCUT2D eigenvalue weighted by Gasteiger charge is -2.22. The van der Waals surface area contributed by atoms with E-state index in [2.05, 4.69) is 9.97 Å². The van der Waals surface area contributed by atoms with E-state index in [4.69, 9.17) is 4.74 Å². The molecule has 2 heterocycles. The van der Waals surface area contributed by atoms with E-state index in [-0.39, 0.29) is 11.9 Å². The minimum Gasteiger partial charge on any atom is -0.465 e. The number of ether oxygens (including phenoxy) is 1. The molecule has 26 heavy (non-hydrogen) atoms. The second-order valence-electron chi connectivity index (χ2n) is 6.84. The second kappa shape index (κ2) is 7.35. The average Bonchev–Trinajstić information content (AvgIpc) is 3.30. The van der Waals surface area contributed by atoms with Crippen LogP contribution in [0.2, 0.25) is 0 Å². The molecule has 7 heteroatoms. The lowest BCUT2D eigenvalue weighted by atomic mass is 10.0. The van der Waals surface area contributed by atoms with Crippen molar-refractivity contribution in [3.8, 4) is 0 Å². The van der Waals surface area contributed by atoms with E-state index in [1.807, 2.05) is 36.6 Å². The molecule has 1 amide bonds. The van der Waals surface area contributed by atoms with Crippen LogP contribution < -0.4 is 0 Å². The number of H-pyrrole nitrogens is 1. The van der Waals surface area contributed by atoms with Gasteiger partial charge in [0.05, 0.1) is 19.2 Å². The number of hydrogen-bond donors (Lipinski definition) is 1. The Kier molecular flexibility index (Phi) is 5.15. The molecule has 0 bridgehead atoms. The fourth-order valence-electron chi connectivity index (χ4n) is 3.34. The molecule has 0 atom stereocenters. The number of imidazole rings is 1. The van der Waals surface area contributed by atoms with Crippen molar-refractivity contribution in [3.63, 3.8) is 0 Å². The first-order chi connectivity index (χ1) is 12.5. The van der Waals surface area contributed by atoms with Crippen LogP contribution in [-0.4, -0.2) is 44.5 Å². The second-order valence-corrected chi connectivity index (χ2v) is 6.84. The molecular formula is C19H26N4O3. The zero-order chi connectivity index (χ0) is 18.8. The third-order valence-electron chi connectivity index (χ3n) is 4.88. The molecule has 0 radical (unpaired) electrons. The van der Waals surface area contributed by atoms with Crippen molar-refractivity contribution in [2.45, 2.75) is 52.1 Å². The van der Waals surface area contributed by atoms with Crippen LogP contribution in [0.4, 0.5) is 0 Å². The monoisotopic (exact) mass is 358 g/mol. The quantitative estimate of drug-likeness (QED) is 0.772. The number of nitrogens with one attached hydrogen (secondary N) is 1. The Labute approximate surface area is 153 Å². The van der Waals surface area contributed by atoms with E-state index in [0.29, 0.717) is 29.9 Å². The van der Waals surface area contributed by atoms with Gasteiger partial charge in [0.2, 0.25) is 0 Å². The fraction of sp³-hybridized carbons (Fsp3) is 0.526. The van der Waals surface area contributed by atoms with Crippen LogP contribution in [-0.2, 0) is 24.8 Å². The number of aromatic nitrogens is 3. The molecule has 1 aliphatic carbocycles. The normalized spacial score (nSPS) is 13.7. The predicted molar refractivity (Wildman–Crippen MR) is 97.0 cm³/mol. The van der Waals surface area contributed by atoms with E-state index in [1.54, 1.807) is 6.20 Å². The number of amides is 1. The van der Waals surface area contributed by atoms with Gasteiger partial charge in [-0.15, -0.1) is 0 Å². The van der Waals surface area contributed by atoms with Crippen LogP contribution in [0, 0.1) is 6.92 Å². The Morgan fingerprint density at radius 1 is 1.42 bits per heavy atom. The number of aryl methyl sites for hydroxylation is 2. The summed E-state index contributed by atoms with van der Waals surface area (Å²) in [5, 5.41) is 0. The number of esters is 1. The highest BCUT2D eigenvalue weighted by molar-refractivity contribution is 6.00. The van der Waals surface area contributed by atoms with Crippen molar-refractivity contribution in [1.29, 1.82) is 0 Å². The number of nitrogens with zero attached hydrogens (tertiary/aromatic N) is 3. The molecule has 0 unspecified atom stereocenters. The minimum absolute atomic E-state index is 0.0720. The first-order valence-corrected chi connectivity index (χ1v) is 9.04. The van der Waals surface area contributed by atoms with Gasteiger partial charge >= 0.3 is 5.97 Å². The number of hydrogen-bond acceptors (Lipinski definition) is 4. The van der Waals surface area contributed by atoms with Crippen molar-refractivity contribution in [3.05, 3.63) is 40.7 Å². The highest BCUT2D eigenvalue weighted by Gasteiger charge is 2.36. The number of rotatable bonds is 7. The average molecular weight is 358 g/mol. The number of methoxy groups -OCH3 is 1. The summed E-state index contributed by atoms with van der Waals surface area (Å²) < 4.78 is 6.85. The van der Waals surface area contributed by atoms with Crippen LogP contribution in [0.3, 0.4) is 0 Å². The van der Waals surface area contributed by atoms with Gasteiger partial charge in [0.25, 0.3) is 5.91 Å². The third kappa shape index (κ3) is 3.38. The van der Waals surface area contributed by atoms with Gasteiger partial charge in [0.15, 0.2) is 0 Å². The van der Waals surface area contributed by atoms with Gasteiger partial charge < -0.3 is 19.2 Å². The van der Waals surface area contributed by atoms with Crippen molar-refractivity contribution < 1.29 is 14.3 Å². The maximum atomic E-state index is 13.3. The molecule has 1 aliphatic rings. The van der Waals surface area contributed by atoms with Gasteiger partial charge in [-0.1, -0.05) is 13.3 Å². The molecule has 1 saturated carbocycles. The molecule has 0 spiro atoms. The van der Waals surface area contributed by atoms with E-state index in [9.17, 15) is 9.59 Å². The Bertz CT molecular complexity index is 817. The number of carbonyl (C=O) groups is 2. The Hall–Kier alpha value is -2.57. The summed E-state index contributed by atoms with van der Waals surface area (Å²) in [6.07, 6.45) is 7.11. The summed E-state index contributed by atoms with van der Waals surface area (Å²) in [4.78, 5) is 34.9. The molecule has 1 N–H and O–H groups in total. The smallest absolute Gasteiger partial charge is 0.339 e. The van der Waals surface area contributed by atoms with Gasteiger partial charge in [-0.2, -0.15) is 0 Å². The maximum absolute atomic E-state index is 13.3. The van der Waals surface area contributed by atoms with Gasteiger partial charge in [0.1, 0.15) is 11.5 Å². The minimum atomic E-state index is -0.400. The fourth-order valence-corrected chi connectivity index (χ4v) is 3.34. The van der Waals surface area contributed by atoms with Crippen molar-refractivity contribution in [1.82, 2.24) is 19.4 Å². The van der Waals surface area contributed by atoms with Crippen molar-refractivity contribution in [2.75, 3.05) is 7.11 Å². The molecule has 0 aromatic carbocycles. The largest absolute Gasteiger partial charge is 0.465 e. The molecule has 2 aromatic rings. The lowest BCUT2D eigenvalue weighted by Crippen LogP contribution is -2.34. The van der Waals surface area contributed by atoms with E-state index in [0.717, 1.165) is 30.7 Å². The van der Waals surface area contributed by atoms with E-state index < -0.39 is 5.97 Å². The molecule has 0 aliphatic heterocycles. The SMILES string of the molecule is CCCc1c(C(=O)N(Cc2nccn2C)C2CC2)[nH]c(C)c1C(=O)OC. The van der Waals surface area contributed by atoms with Gasteiger partial charge in [0, 0.05) is 31.2 Å².